The fourth-order valence-corrected chi connectivity index (χ4v) is 1.97. The molecular weight excluding hydrogens is 271 g/mol. The van der Waals surface area contributed by atoms with Gasteiger partial charge >= 0.3 is 7.12 Å². The van der Waals surface area contributed by atoms with Crippen molar-refractivity contribution >= 4 is 18.9 Å². The number of likely N-dealkylation sites (N-methyl/N-ethyl adjacent to an activating group) is 2. The minimum atomic E-state index is -0.893. The van der Waals surface area contributed by atoms with Gasteiger partial charge in [0.05, 0.1) is 0 Å². The fourth-order valence-electron chi connectivity index (χ4n) is 1.97. The number of hydrogen-bond donors (Lipinski definition) is 0. The van der Waals surface area contributed by atoms with E-state index in [2.05, 4.69) is 6.92 Å². The quantitative estimate of drug-likeness (QED) is 0.535. The second kappa shape index (κ2) is 8.19. The van der Waals surface area contributed by atoms with Crippen molar-refractivity contribution in [1.29, 1.82) is 0 Å². The molecule has 0 spiro atoms. The molecule has 0 radical (unpaired) electrons. The summed E-state index contributed by atoms with van der Waals surface area (Å²) in [6, 6.07) is 0. The van der Waals surface area contributed by atoms with Gasteiger partial charge in [-0.3, -0.25) is 9.59 Å². The van der Waals surface area contributed by atoms with Gasteiger partial charge in [-0.1, -0.05) is 31.8 Å². The normalized spacial score (nSPS) is 21.9. The number of nitrogens with zero attached hydrogens (tertiary/aromatic N) is 2. The van der Waals surface area contributed by atoms with Gasteiger partial charge in [0.15, 0.2) is 12.2 Å². The molecule has 2 atom stereocenters. The summed E-state index contributed by atoms with van der Waals surface area (Å²) in [5.41, 5.74) is 0. The summed E-state index contributed by atoms with van der Waals surface area (Å²) in [7, 11) is 5.88. The van der Waals surface area contributed by atoms with E-state index in [9.17, 15) is 9.59 Å². The molecule has 1 heterocycles. The molecule has 1 fully saturated rings. The average molecular weight is 296 g/mol. The maximum Gasteiger partial charge on any atom is 0.487 e. The van der Waals surface area contributed by atoms with E-state index >= 15 is 0 Å². The zero-order valence-electron chi connectivity index (χ0n) is 13.5. The lowest BCUT2D eigenvalue weighted by molar-refractivity contribution is -0.146. The highest BCUT2D eigenvalue weighted by Crippen LogP contribution is 2.21. The molecule has 6 nitrogen and oxygen atoms in total. The van der Waals surface area contributed by atoms with Gasteiger partial charge in [-0.05, 0) is 6.42 Å². The van der Waals surface area contributed by atoms with Crippen molar-refractivity contribution in [3.05, 3.63) is 12.1 Å². The summed E-state index contributed by atoms with van der Waals surface area (Å²) in [6.07, 6.45) is 3.31. The van der Waals surface area contributed by atoms with Crippen molar-refractivity contribution in [3.63, 3.8) is 0 Å². The Morgan fingerprint density at radius 2 is 1.52 bits per heavy atom. The van der Waals surface area contributed by atoms with Crippen LogP contribution in [0, 0.1) is 0 Å². The molecule has 1 rings (SSSR count). The third-order valence-electron chi connectivity index (χ3n) is 3.22. The smallest absolute Gasteiger partial charge is 0.393 e. The van der Waals surface area contributed by atoms with Crippen molar-refractivity contribution in [3.8, 4) is 0 Å². The molecule has 1 saturated heterocycles. The lowest BCUT2D eigenvalue weighted by Crippen LogP contribution is -2.47. The number of allylic oxidation sites excluding steroid dienone is 1. The first kappa shape index (κ1) is 17.7. The molecule has 0 aromatic rings. The minimum Gasteiger partial charge on any atom is -0.393 e. The Labute approximate surface area is 127 Å². The lowest BCUT2D eigenvalue weighted by atomic mass is 9.90. The van der Waals surface area contributed by atoms with Crippen LogP contribution in [0.25, 0.3) is 0 Å². The van der Waals surface area contributed by atoms with Gasteiger partial charge in [0, 0.05) is 28.2 Å². The number of amides is 2. The molecule has 0 saturated carbocycles. The van der Waals surface area contributed by atoms with Crippen molar-refractivity contribution < 1.29 is 18.9 Å². The lowest BCUT2D eigenvalue weighted by Gasteiger charge is -2.22. The number of unbranched alkanes of at least 4 members (excludes halogenated alkanes) is 2. The van der Waals surface area contributed by atoms with Gasteiger partial charge in [0.2, 0.25) is 0 Å². The maximum absolute atomic E-state index is 12.1. The molecule has 0 bridgehead atoms. The zero-order valence-corrected chi connectivity index (χ0v) is 13.5. The van der Waals surface area contributed by atoms with Gasteiger partial charge in [-0.25, -0.2) is 0 Å². The molecule has 2 amide bonds. The molecule has 7 heteroatoms. The van der Waals surface area contributed by atoms with Crippen LogP contribution in [0.2, 0.25) is 0 Å². The highest BCUT2D eigenvalue weighted by atomic mass is 16.7. The Hall–Kier alpha value is -1.34. The Kier molecular flexibility index (Phi) is 6.91. The van der Waals surface area contributed by atoms with Crippen LogP contribution in [0.3, 0.4) is 0 Å². The van der Waals surface area contributed by atoms with Crippen molar-refractivity contribution in [2.45, 2.75) is 38.4 Å². The van der Waals surface area contributed by atoms with Crippen LogP contribution in [0.4, 0.5) is 0 Å². The average Bonchev–Trinajstić information content (AvgIpc) is 2.85. The topological polar surface area (TPSA) is 59.1 Å². The fraction of sp³-hybridized carbons (Fsp3) is 0.714. The summed E-state index contributed by atoms with van der Waals surface area (Å²) in [4.78, 5) is 27.1. The van der Waals surface area contributed by atoms with Gasteiger partial charge in [0.1, 0.15) is 0 Å². The summed E-state index contributed by atoms with van der Waals surface area (Å²) in [5, 5.41) is 0. The first-order valence-corrected chi connectivity index (χ1v) is 7.28. The number of rotatable bonds is 6. The van der Waals surface area contributed by atoms with E-state index in [0.29, 0.717) is 0 Å². The summed E-state index contributed by atoms with van der Waals surface area (Å²) >= 11 is 0. The molecule has 0 aliphatic carbocycles. The number of carbonyl (C=O) groups excluding carboxylic acids is 2. The van der Waals surface area contributed by atoms with E-state index in [4.69, 9.17) is 9.31 Å². The zero-order chi connectivity index (χ0) is 16.0. The first-order valence-electron chi connectivity index (χ1n) is 7.28. The Bertz CT molecular complexity index is 370. The molecule has 1 aliphatic heterocycles. The van der Waals surface area contributed by atoms with Crippen LogP contribution in [-0.4, -0.2) is 69.1 Å². The SMILES string of the molecule is CCCC/C=C/B1O[C@@H](C(=O)N(C)C)[C@H](C(=O)N(C)C)O1. The summed E-state index contributed by atoms with van der Waals surface area (Å²) < 4.78 is 11.2. The van der Waals surface area contributed by atoms with E-state index in [1.54, 1.807) is 34.2 Å². The second-order valence-corrected chi connectivity index (χ2v) is 5.52. The summed E-state index contributed by atoms with van der Waals surface area (Å²) in [6.45, 7) is 2.12. The molecule has 1 aliphatic rings. The third kappa shape index (κ3) is 4.86. The first-order chi connectivity index (χ1) is 9.88. The van der Waals surface area contributed by atoms with Gasteiger partial charge < -0.3 is 19.1 Å². The van der Waals surface area contributed by atoms with Gasteiger partial charge in [0.25, 0.3) is 11.8 Å². The molecule has 0 unspecified atom stereocenters. The largest absolute Gasteiger partial charge is 0.487 e. The second-order valence-electron chi connectivity index (χ2n) is 5.52. The highest BCUT2D eigenvalue weighted by Gasteiger charge is 2.47. The monoisotopic (exact) mass is 296 g/mol. The molecule has 21 heavy (non-hydrogen) atoms. The summed E-state index contributed by atoms with van der Waals surface area (Å²) in [5.74, 6) is 1.24. The van der Waals surface area contributed by atoms with Crippen molar-refractivity contribution in [1.82, 2.24) is 9.80 Å². The predicted octanol–water partition coefficient (Wildman–Crippen LogP) is 0.721. The van der Waals surface area contributed by atoms with Gasteiger partial charge in [-0.15, -0.1) is 0 Å². The van der Waals surface area contributed by atoms with Crippen LogP contribution in [-0.2, 0) is 18.9 Å². The van der Waals surface area contributed by atoms with Gasteiger partial charge in [-0.2, -0.15) is 0 Å². The molecule has 0 aromatic heterocycles. The molecule has 118 valence electrons. The van der Waals surface area contributed by atoms with E-state index in [1.807, 2.05) is 6.08 Å². The minimum absolute atomic E-state index is 0.264. The standard InChI is InChI=1S/C14H25BN2O4/c1-6-7-8-9-10-15-20-11(13(18)16(2)3)12(21-15)14(19)17(4)5/h9-12H,6-8H2,1-5H3/b10-9+/t11-,12-/m1/s1. The van der Waals surface area contributed by atoms with Crippen LogP contribution < -0.4 is 0 Å². The number of hydrogen-bond acceptors (Lipinski definition) is 4. The van der Waals surface area contributed by atoms with Crippen molar-refractivity contribution in [2.24, 2.45) is 0 Å². The third-order valence-corrected chi connectivity index (χ3v) is 3.22. The molecule has 0 N–H and O–H groups in total. The van der Waals surface area contributed by atoms with Crippen LogP contribution in [0.1, 0.15) is 26.2 Å². The predicted molar refractivity (Wildman–Crippen MR) is 81.6 cm³/mol. The Morgan fingerprint density at radius 1 is 1.05 bits per heavy atom. The van der Waals surface area contributed by atoms with E-state index in [1.165, 1.54) is 9.80 Å². The van der Waals surface area contributed by atoms with Crippen LogP contribution in [0.5, 0.6) is 0 Å². The highest BCUT2D eigenvalue weighted by molar-refractivity contribution is 6.52. The Morgan fingerprint density at radius 3 is 1.90 bits per heavy atom. The van der Waals surface area contributed by atoms with E-state index in [-0.39, 0.29) is 11.8 Å². The van der Waals surface area contributed by atoms with E-state index < -0.39 is 19.3 Å². The van der Waals surface area contributed by atoms with E-state index in [0.717, 1.165) is 19.3 Å². The van der Waals surface area contributed by atoms with Crippen LogP contribution in [0.15, 0.2) is 12.1 Å². The number of carbonyl (C=O) groups is 2. The van der Waals surface area contributed by atoms with Crippen molar-refractivity contribution in [2.75, 3.05) is 28.2 Å². The Balaban J connectivity index is 2.76. The molecule has 0 aromatic carbocycles. The maximum atomic E-state index is 12.1. The molecular formula is C14H25BN2O4. The van der Waals surface area contributed by atoms with Crippen LogP contribution >= 0.6 is 0 Å².